The molecule has 0 radical (unpaired) electrons. The predicted molar refractivity (Wildman–Crippen MR) is 225 cm³/mol. The first-order chi connectivity index (χ1) is 30.3. The van der Waals surface area contributed by atoms with Crippen molar-refractivity contribution in [2.75, 3.05) is 26.6 Å². The summed E-state index contributed by atoms with van der Waals surface area (Å²) < 4.78 is 91.4. The van der Waals surface area contributed by atoms with Crippen molar-refractivity contribution < 1.29 is 70.8 Å². The van der Waals surface area contributed by atoms with Crippen molar-refractivity contribution in [1.82, 2.24) is 0 Å². The zero-order chi connectivity index (χ0) is 44.2. The topological polar surface area (TPSA) is 184 Å². The third kappa shape index (κ3) is 9.36. The molecule has 9 aliphatic rings. The van der Waals surface area contributed by atoms with E-state index in [9.17, 15) is 23.4 Å². The Kier molecular flexibility index (Phi) is 13.6. The molecule has 350 valence electrons. The Balaban J connectivity index is 0.806. The van der Waals surface area contributed by atoms with Gasteiger partial charge in [0.2, 0.25) is 0 Å². The van der Waals surface area contributed by atoms with Crippen molar-refractivity contribution >= 4 is 15.8 Å². The van der Waals surface area contributed by atoms with Gasteiger partial charge >= 0.3 is 5.97 Å². The molecule has 0 saturated carbocycles. The number of sulfone groups is 1. The molecule has 9 fully saturated rings. The number of carbonyl (C=O) groups is 1. The summed E-state index contributed by atoms with van der Waals surface area (Å²) in [6.07, 6.45) is 1.69. The molecule has 19 atom stereocenters. The van der Waals surface area contributed by atoms with Gasteiger partial charge in [-0.25, -0.2) is 8.42 Å². The molecule has 9 heterocycles. The summed E-state index contributed by atoms with van der Waals surface area (Å²) >= 11 is 0. The van der Waals surface area contributed by atoms with Crippen LogP contribution in [0.25, 0.3) is 0 Å². The minimum Gasteiger partial charge on any atom is -0.469 e. The molecular weight excluding hydrogens is 837 g/mol. The highest BCUT2D eigenvalue weighted by Gasteiger charge is 2.68. The Hall–Kier alpha value is -2.32. The number of benzene rings is 1. The molecule has 0 spiro atoms. The van der Waals surface area contributed by atoms with Gasteiger partial charge in [0.25, 0.3) is 0 Å². The van der Waals surface area contributed by atoms with E-state index < -0.39 is 52.6 Å². The van der Waals surface area contributed by atoms with Crippen LogP contribution in [0.4, 0.5) is 0 Å². The molecule has 15 nitrogen and oxygen atoms in total. The lowest BCUT2D eigenvalue weighted by atomic mass is 9.83. The molecule has 1 unspecified atom stereocenters. The fourth-order valence-electron chi connectivity index (χ4n) is 11.9. The number of ether oxygens (including phenoxy) is 10. The summed E-state index contributed by atoms with van der Waals surface area (Å²) in [5.74, 6) is -1.73. The number of hydrogen-bond acceptors (Lipinski definition) is 15. The van der Waals surface area contributed by atoms with Gasteiger partial charge in [-0.15, -0.1) is 0 Å². The van der Waals surface area contributed by atoms with Crippen molar-refractivity contribution in [3.05, 3.63) is 54.6 Å². The fourth-order valence-corrected chi connectivity index (χ4v) is 13.5. The molecule has 0 amide bonds. The van der Waals surface area contributed by atoms with Crippen molar-refractivity contribution in [2.24, 2.45) is 11.8 Å². The zero-order valence-corrected chi connectivity index (χ0v) is 37.5. The quantitative estimate of drug-likeness (QED) is 0.168. The largest absolute Gasteiger partial charge is 0.469 e. The summed E-state index contributed by atoms with van der Waals surface area (Å²) in [7, 11) is -0.793. The minimum absolute atomic E-state index is 0.0468. The second kappa shape index (κ2) is 18.8. The number of fused-ring (bicyclic) bond motifs is 1. The summed E-state index contributed by atoms with van der Waals surface area (Å²) in [5, 5.41) is 20.0. The number of aliphatic hydroxyl groups is 2. The van der Waals surface area contributed by atoms with Crippen LogP contribution in [0, 0.1) is 11.8 Å². The van der Waals surface area contributed by atoms with Gasteiger partial charge in [-0.2, -0.15) is 0 Å². The van der Waals surface area contributed by atoms with E-state index in [2.05, 4.69) is 20.1 Å². The van der Waals surface area contributed by atoms with Gasteiger partial charge in [0, 0.05) is 38.7 Å². The zero-order valence-electron chi connectivity index (χ0n) is 36.7. The van der Waals surface area contributed by atoms with Crippen molar-refractivity contribution in [3.8, 4) is 0 Å². The van der Waals surface area contributed by atoms with Crippen LogP contribution >= 0.6 is 0 Å². The summed E-state index contributed by atoms with van der Waals surface area (Å²) in [6.45, 7) is 10.6. The van der Waals surface area contributed by atoms with Crippen LogP contribution in [-0.4, -0.2) is 155 Å². The van der Waals surface area contributed by atoms with Crippen LogP contribution in [-0.2, 0) is 62.0 Å². The minimum atomic E-state index is -3.71. The Morgan fingerprint density at radius 2 is 1.60 bits per heavy atom. The van der Waals surface area contributed by atoms with Gasteiger partial charge in [0.15, 0.2) is 15.6 Å². The summed E-state index contributed by atoms with van der Waals surface area (Å²) in [6, 6.07) is 8.36. The van der Waals surface area contributed by atoms with E-state index in [1.54, 1.807) is 30.3 Å². The predicted octanol–water partition coefficient (Wildman–Crippen LogP) is 4.15. The van der Waals surface area contributed by atoms with Crippen molar-refractivity contribution in [3.63, 3.8) is 0 Å². The maximum absolute atomic E-state index is 13.7. The number of esters is 1. The van der Waals surface area contributed by atoms with E-state index in [-0.39, 0.29) is 109 Å². The molecule has 10 rings (SSSR count). The third-order valence-corrected chi connectivity index (χ3v) is 16.9. The maximum Gasteiger partial charge on any atom is 0.308 e. The highest BCUT2D eigenvalue weighted by molar-refractivity contribution is 7.91. The molecule has 0 aromatic heterocycles. The third-order valence-electron chi connectivity index (χ3n) is 15.1. The number of carbonyl (C=O) groups excluding carboxylic acids is 1. The molecule has 2 N–H and O–H groups in total. The van der Waals surface area contributed by atoms with E-state index in [0.29, 0.717) is 25.7 Å². The highest BCUT2D eigenvalue weighted by atomic mass is 32.2. The lowest BCUT2D eigenvalue weighted by Crippen LogP contribution is -2.61. The second-order valence-electron chi connectivity index (χ2n) is 19.3. The van der Waals surface area contributed by atoms with Gasteiger partial charge in [0.1, 0.15) is 30.5 Å². The number of hydrogen-bond donors (Lipinski definition) is 2. The number of rotatable bonds is 17. The van der Waals surface area contributed by atoms with Gasteiger partial charge in [-0.3, -0.25) is 4.79 Å². The summed E-state index contributed by atoms with van der Waals surface area (Å²) in [5.41, 5.74) is 2.00. The van der Waals surface area contributed by atoms with Crippen LogP contribution < -0.4 is 0 Å². The van der Waals surface area contributed by atoms with Crippen molar-refractivity contribution in [2.45, 2.75) is 192 Å². The standard InChI is InChI=1S/C47H66O15S/c1-25-17-29(56-36(27(25)3)21-37-33(24-63(51,52)32-9-7-6-8-10-32)41(54-5)38(58-37)19-28(49)23-48)11-13-34-26(2)18-31(55-34)15-16-47-22-39-43(61-47)44-45(60-39)46(62-47)42-35(59-44)14-12-30(57-42)20-40(50)53-4/h6-10,25,28-31,33-39,41-46,48-49H,2-3,11-24H2,1,4-5H3/t25-,28?,29+,30-,31+,33+,34+,35+,36-,37+,38-,39-,41-,42+,43+,44+,45-,46+,47+/m1/s1. The van der Waals surface area contributed by atoms with Gasteiger partial charge < -0.3 is 57.6 Å². The van der Waals surface area contributed by atoms with E-state index >= 15 is 0 Å². The normalized spacial score (nSPS) is 43.5. The summed E-state index contributed by atoms with van der Waals surface area (Å²) in [4.78, 5) is 12.3. The van der Waals surface area contributed by atoms with Gasteiger partial charge in [0.05, 0.1) is 97.9 Å². The first-order valence-corrected chi connectivity index (χ1v) is 24.7. The molecule has 1 aromatic rings. The lowest BCUT2D eigenvalue weighted by Gasteiger charge is -2.47. The molecule has 0 aliphatic carbocycles. The smallest absolute Gasteiger partial charge is 0.308 e. The molecule has 16 heteroatoms. The van der Waals surface area contributed by atoms with Crippen molar-refractivity contribution in [1.29, 1.82) is 0 Å². The fraction of sp³-hybridized carbons (Fsp3) is 0.766. The number of aliphatic hydroxyl groups excluding tert-OH is 2. The van der Waals surface area contributed by atoms with E-state index in [4.69, 9.17) is 47.4 Å². The van der Waals surface area contributed by atoms with Gasteiger partial charge in [-0.1, -0.05) is 38.3 Å². The molecule has 63 heavy (non-hydrogen) atoms. The van der Waals surface area contributed by atoms with Gasteiger partial charge in [-0.05, 0) is 74.1 Å². The SMILES string of the molecule is C=C1C[C@H](CC[C@@]23C[C@H]4O[C@H]5[C@@H](O2)[C@H]2O[C@@H](CC(=O)OC)CC[C@@H]2O[C@H]5[C@H]4O3)O[C@H]1CC[C@H]1C[C@@H](C)C(=C)[C@@H](C[C@@H]2O[C@H](CC(O)CO)[C@H](OC)[C@H]2CS(=O)(=O)c2ccccc2)O1. The highest BCUT2D eigenvalue weighted by Crippen LogP contribution is 2.54. The first-order valence-electron chi connectivity index (χ1n) is 23.1. The molecule has 9 saturated heterocycles. The van der Waals surface area contributed by atoms with E-state index in [1.807, 2.05) is 0 Å². The first kappa shape index (κ1) is 45.8. The molecular formula is C47H66O15S. The molecule has 6 bridgehead atoms. The van der Waals surface area contributed by atoms with Crippen LogP contribution in [0.1, 0.15) is 84.0 Å². The lowest BCUT2D eigenvalue weighted by molar-refractivity contribution is -0.293. The van der Waals surface area contributed by atoms with Crippen LogP contribution in [0.2, 0.25) is 0 Å². The Morgan fingerprint density at radius 1 is 0.857 bits per heavy atom. The Bertz CT molecular complexity index is 1910. The monoisotopic (exact) mass is 902 g/mol. The average Bonchev–Trinajstić information content (AvgIpc) is 3.95. The maximum atomic E-state index is 13.7. The van der Waals surface area contributed by atoms with E-state index in [1.165, 1.54) is 14.2 Å². The molecule has 1 aromatic carbocycles. The van der Waals surface area contributed by atoms with E-state index in [0.717, 1.165) is 49.7 Å². The Morgan fingerprint density at radius 3 is 2.37 bits per heavy atom. The second-order valence-corrected chi connectivity index (χ2v) is 21.3. The van der Waals surface area contributed by atoms with Crippen LogP contribution in [0.15, 0.2) is 59.5 Å². The number of methoxy groups -OCH3 is 2. The van der Waals surface area contributed by atoms with Crippen LogP contribution in [0.3, 0.4) is 0 Å². The Labute approximate surface area is 370 Å². The molecule has 9 aliphatic heterocycles. The van der Waals surface area contributed by atoms with Crippen LogP contribution in [0.5, 0.6) is 0 Å². The average molecular weight is 903 g/mol.